The van der Waals surface area contributed by atoms with E-state index in [0.717, 1.165) is 5.56 Å². The van der Waals surface area contributed by atoms with Crippen LogP contribution in [-0.2, 0) is 0 Å². The number of hydrogen-bond donors (Lipinski definition) is 0. The van der Waals surface area contributed by atoms with Crippen LogP contribution in [0.25, 0.3) is 0 Å². The number of methoxy groups -OCH3 is 2. The van der Waals surface area contributed by atoms with Gasteiger partial charge in [-0.3, -0.25) is 0 Å². The molecular formula is C16H16ClFO2. The van der Waals surface area contributed by atoms with Crippen molar-refractivity contribution in [2.24, 2.45) is 0 Å². The van der Waals surface area contributed by atoms with Gasteiger partial charge in [0, 0.05) is 5.56 Å². The lowest BCUT2D eigenvalue weighted by Crippen LogP contribution is -2.00. The van der Waals surface area contributed by atoms with E-state index in [-0.39, 0.29) is 5.82 Å². The standard InChI is InChI=1S/C16H16ClFO2/c1-10-5-4-6-12(16(10)18)15(17)11-7-8-13(19-2)14(9-11)20-3/h4-9,15H,1-3H3. The van der Waals surface area contributed by atoms with E-state index >= 15 is 0 Å². The average molecular weight is 295 g/mol. The van der Waals surface area contributed by atoms with Crippen LogP contribution >= 0.6 is 11.6 Å². The van der Waals surface area contributed by atoms with E-state index in [4.69, 9.17) is 21.1 Å². The lowest BCUT2D eigenvalue weighted by molar-refractivity contribution is 0.354. The Morgan fingerprint density at radius 2 is 1.75 bits per heavy atom. The topological polar surface area (TPSA) is 18.5 Å². The highest BCUT2D eigenvalue weighted by molar-refractivity contribution is 6.22. The first-order valence-electron chi connectivity index (χ1n) is 6.19. The first-order chi connectivity index (χ1) is 9.58. The van der Waals surface area contributed by atoms with E-state index < -0.39 is 5.38 Å². The smallest absolute Gasteiger partial charge is 0.161 e. The molecule has 0 bridgehead atoms. The Morgan fingerprint density at radius 1 is 1.05 bits per heavy atom. The molecule has 1 atom stereocenters. The monoisotopic (exact) mass is 294 g/mol. The third-order valence-corrected chi connectivity index (χ3v) is 3.68. The number of halogens is 2. The Labute approximate surface area is 123 Å². The molecule has 2 nitrogen and oxygen atoms in total. The molecule has 2 aromatic carbocycles. The summed E-state index contributed by atoms with van der Waals surface area (Å²) in [6.45, 7) is 1.72. The molecule has 4 heteroatoms. The van der Waals surface area contributed by atoms with Crippen molar-refractivity contribution in [3.8, 4) is 11.5 Å². The molecule has 0 saturated heterocycles. The molecule has 0 fully saturated rings. The third kappa shape index (κ3) is 2.73. The van der Waals surface area contributed by atoms with E-state index in [9.17, 15) is 4.39 Å². The summed E-state index contributed by atoms with van der Waals surface area (Å²) in [6.07, 6.45) is 0. The summed E-state index contributed by atoms with van der Waals surface area (Å²) in [7, 11) is 3.12. The molecule has 0 heterocycles. The highest BCUT2D eigenvalue weighted by Gasteiger charge is 2.18. The van der Waals surface area contributed by atoms with Crippen molar-refractivity contribution in [3.63, 3.8) is 0 Å². The van der Waals surface area contributed by atoms with Gasteiger partial charge in [-0.2, -0.15) is 0 Å². The van der Waals surface area contributed by atoms with Crippen LogP contribution in [0.5, 0.6) is 11.5 Å². The Kier molecular flexibility index (Phi) is 4.50. The molecule has 0 amide bonds. The second-order valence-corrected chi connectivity index (χ2v) is 4.89. The van der Waals surface area contributed by atoms with Crippen LogP contribution in [0.15, 0.2) is 36.4 Å². The van der Waals surface area contributed by atoms with E-state index in [0.29, 0.717) is 22.6 Å². The zero-order valence-corrected chi connectivity index (χ0v) is 12.4. The van der Waals surface area contributed by atoms with E-state index in [1.165, 1.54) is 0 Å². The Bertz CT molecular complexity index is 613. The van der Waals surface area contributed by atoms with Crippen LogP contribution in [0.1, 0.15) is 22.1 Å². The fourth-order valence-electron chi connectivity index (χ4n) is 2.06. The van der Waals surface area contributed by atoms with E-state index in [2.05, 4.69) is 0 Å². The van der Waals surface area contributed by atoms with E-state index in [1.807, 2.05) is 0 Å². The normalized spacial score (nSPS) is 12.1. The summed E-state index contributed by atoms with van der Waals surface area (Å²) < 4.78 is 24.5. The van der Waals surface area contributed by atoms with Gasteiger partial charge in [0.15, 0.2) is 11.5 Å². The summed E-state index contributed by atoms with van der Waals surface area (Å²) in [5, 5.41) is -0.574. The lowest BCUT2D eigenvalue weighted by Gasteiger charge is -2.15. The first kappa shape index (κ1) is 14.7. The molecule has 0 aromatic heterocycles. The van der Waals surface area contributed by atoms with Crippen LogP contribution in [0, 0.1) is 12.7 Å². The molecule has 0 aliphatic carbocycles. The van der Waals surface area contributed by atoms with Crippen LogP contribution in [0.3, 0.4) is 0 Å². The molecule has 0 radical (unpaired) electrons. The molecule has 0 N–H and O–H groups in total. The molecular weight excluding hydrogens is 279 g/mol. The summed E-state index contributed by atoms with van der Waals surface area (Å²) >= 11 is 6.40. The van der Waals surface area contributed by atoms with Crippen molar-refractivity contribution >= 4 is 11.6 Å². The van der Waals surface area contributed by atoms with Crippen molar-refractivity contribution < 1.29 is 13.9 Å². The Morgan fingerprint density at radius 3 is 2.40 bits per heavy atom. The zero-order valence-electron chi connectivity index (χ0n) is 11.6. The van der Waals surface area contributed by atoms with Crippen molar-refractivity contribution in [2.45, 2.75) is 12.3 Å². The Balaban J connectivity index is 2.43. The maximum Gasteiger partial charge on any atom is 0.161 e. The minimum absolute atomic E-state index is 0.276. The molecule has 0 spiro atoms. The number of aryl methyl sites for hydroxylation is 1. The predicted molar refractivity (Wildman–Crippen MR) is 78.4 cm³/mol. The maximum atomic E-state index is 14.1. The van der Waals surface area contributed by atoms with Crippen LogP contribution in [0.2, 0.25) is 0 Å². The zero-order chi connectivity index (χ0) is 14.7. The second kappa shape index (κ2) is 6.14. The highest BCUT2D eigenvalue weighted by atomic mass is 35.5. The van der Waals surface area contributed by atoms with Crippen LogP contribution < -0.4 is 9.47 Å². The number of hydrogen-bond acceptors (Lipinski definition) is 2. The van der Waals surface area contributed by atoms with Crippen LogP contribution in [0.4, 0.5) is 4.39 Å². The quantitative estimate of drug-likeness (QED) is 0.774. The van der Waals surface area contributed by atoms with Crippen molar-refractivity contribution in [1.29, 1.82) is 0 Å². The fraction of sp³-hybridized carbons (Fsp3) is 0.250. The fourth-order valence-corrected chi connectivity index (χ4v) is 2.36. The van der Waals surface area contributed by atoms with Crippen LogP contribution in [-0.4, -0.2) is 14.2 Å². The van der Waals surface area contributed by atoms with Gasteiger partial charge in [-0.1, -0.05) is 24.3 Å². The summed E-state index contributed by atoms with van der Waals surface area (Å²) in [4.78, 5) is 0. The van der Waals surface area contributed by atoms with Gasteiger partial charge < -0.3 is 9.47 Å². The summed E-state index contributed by atoms with van der Waals surface area (Å²) in [5.74, 6) is 0.913. The van der Waals surface area contributed by atoms with Crippen molar-refractivity contribution in [1.82, 2.24) is 0 Å². The molecule has 2 rings (SSSR count). The minimum atomic E-state index is -0.574. The van der Waals surface area contributed by atoms with Gasteiger partial charge >= 0.3 is 0 Å². The number of rotatable bonds is 4. The molecule has 2 aromatic rings. The number of benzene rings is 2. The van der Waals surface area contributed by atoms with Gasteiger partial charge in [0.2, 0.25) is 0 Å². The van der Waals surface area contributed by atoms with Crippen molar-refractivity contribution in [3.05, 3.63) is 58.9 Å². The van der Waals surface area contributed by atoms with Gasteiger partial charge in [0.1, 0.15) is 5.82 Å². The van der Waals surface area contributed by atoms with Gasteiger partial charge in [0.05, 0.1) is 19.6 Å². The molecule has 0 aliphatic heterocycles. The summed E-state index contributed by atoms with van der Waals surface area (Å²) in [5.41, 5.74) is 1.79. The molecule has 20 heavy (non-hydrogen) atoms. The lowest BCUT2D eigenvalue weighted by atomic mass is 10.0. The molecule has 106 valence electrons. The minimum Gasteiger partial charge on any atom is -0.493 e. The van der Waals surface area contributed by atoms with Gasteiger partial charge in [0.25, 0.3) is 0 Å². The number of alkyl halides is 1. The second-order valence-electron chi connectivity index (χ2n) is 4.46. The molecule has 0 saturated carbocycles. The van der Waals surface area contributed by atoms with Gasteiger partial charge in [-0.15, -0.1) is 11.6 Å². The SMILES string of the molecule is COc1ccc(C(Cl)c2cccc(C)c2F)cc1OC. The highest BCUT2D eigenvalue weighted by Crippen LogP contribution is 2.36. The predicted octanol–water partition coefficient (Wildman–Crippen LogP) is 4.48. The van der Waals surface area contributed by atoms with E-state index in [1.54, 1.807) is 57.5 Å². The third-order valence-electron chi connectivity index (χ3n) is 3.19. The van der Waals surface area contributed by atoms with Crippen molar-refractivity contribution in [2.75, 3.05) is 14.2 Å². The van der Waals surface area contributed by atoms with Gasteiger partial charge in [-0.05, 0) is 30.2 Å². The summed E-state index contributed by atoms with van der Waals surface area (Å²) in [6, 6.07) is 10.5. The first-order valence-corrected chi connectivity index (χ1v) is 6.63. The largest absolute Gasteiger partial charge is 0.493 e. The average Bonchev–Trinajstić information content (AvgIpc) is 2.48. The Hall–Kier alpha value is -1.74. The van der Waals surface area contributed by atoms with Gasteiger partial charge in [-0.25, -0.2) is 4.39 Å². The molecule has 1 unspecified atom stereocenters. The maximum absolute atomic E-state index is 14.1. The molecule has 0 aliphatic rings. The number of ether oxygens (including phenoxy) is 2.